The number of carbonyl (C=O) groups is 1. The average Bonchev–Trinajstić information content (AvgIpc) is 3.44. The third kappa shape index (κ3) is 3.46. The maximum atomic E-state index is 14.2. The molecule has 2 heterocycles. The van der Waals surface area contributed by atoms with Crippen molar-refractivity contribution in [2.45, 2.75) is 44.1 Å². The molecule has 1 saturated heterocycles. The van der Waals surface area contributed by atoms with Gasteiger partial charge in [-0.15, -0.1) is 0 Å². The van der Waals surface area contributed by atoms with E-state index in [2.05, 4.69) is 5.32 Å². The van der Waals surface area contributed by atoms with Crippen LogP contribution in [0.15, 0.2) is 33.5 Å². The van der Waals surface area contributed by atoms with E-state index < -0.39 is 28.7 Å². The van der Waals surface area contributed by atoms with Crippen molar-refractivity contribution < 1.29 is 22.7 Å². The van der Waals surface area contributed by atoms with Crippen molar-refractivity contribution in [1.82, 2.24) is 5.32 Å². The molecule has 4 rings (SSSR count). The number of amides is 1. The Bertz CT molecular complexity index is 975. The standard InChI is InChI=1S/C21H21F2NO4/c1-12-10-17(13-4-8-27-9-5-13)28-20(26)18(12)19(25)24-21(6-7-21)15-11-14(22)2-3-16(15)23/h2-3,10-11,13H,4-9H2,1H3,(H,24,25). The number of rotatable bonds is 4. The monoisotopic (exact) mass is 389 g/mol. The highest BCUT2D eigenvalue weighted by atomic mass is 19.1. The van der Waals surface area contributed by atoms with Gasteiger partial charge in [-0.1, -0.05) is 0 Å². The van der Waals surface area contributed by atoms with Gasteiger partial charge in [0.25, 0.3) is 5.91 Å². The fourth-order valence-corrected chi connectivity index (χ4v) is 3.82. The third-order valence-electron chi connectivity index (χ3n) is 5.57. The van der Waals surface area contributed by atoms with Crippen LogP contribution in [0.2, 0.25) is 0 Å². The molecule has 2 aliphatic rings. The van der Waals surface area contributed by atoms with Crippen molar-refractivity contribution in [3.05, 3.63) is 68.8 Å². The molecule has 1 amide bonds. The second kappa shape index (κ2) is 7.13. The van der Waals surface area contributed by atoms with Crippen LogP contribution in [0.3, 0.4) is 0 Å². The van der Waals surface area contributed by atoms with Gasteiger partial charge in [-0.3, -0.25) is 4.79 Å². The Morgan fingerprint density at radius 3 is 2.54 bits per heavy atom. The molecule has 1 N–H and O–H groups in total. The summed E-state index contributed by atoms with van der Waals surface area (Å²) in [5.74, 6) is -1.15. The number of aryl methyl sites for hydroxylation is 1. The first-order chi connectivity index (χ1) is 13.4. The normalized spacial score (nSPS) is 18.7. The summed E-state index contributed by atoms with van der Waals surface area (Å²) in [4.78, 5) is 25.3. The van der Waals surface area contributed by atoms with Gasteiger partial charge in [-0.05, 0) is 62.4 Å². The Balaban J connectivity index is 1.60. The number of ether oxygens (including phenoxy) is 1. The first-order valence-corrected chi connectivity index (χ1v) is 9.40. The summed E-state index contributed by atoms with van der Waals surface area (Å²) >= 11 is 0. The van der Waals surface area contributed by atoms with Gasteiger partial charge in [0.1, 0.15) is 23.0 Å². The molecule has 0 spiro atoms. The summed E-state index contributed by atoms with van der Waals surface area (Å²) in [7, 11) is 0. The molecule has 2 aromatic rings. The molecular formula is C21H21F2NO4. The zero-order chi connectivity index (χ0) is 19.9. The number of halogens is 2. The van der Waals surface area contributed by atoms with Crippen LogP contribution in [-0.4, -0.2) is 19.1 Å². The first kappa shape index (κ1) is 18.8. The second-order valence-electron chi connectivity index (χ2n) is 7.54. The van der Waals surface area contributed by atoms with Crippen LogP contribution in [0.5, 0.6) is 0 Å². The Morgan fingerprint density at radius 2 is 1.89 bits per heavy atom. The summed E-state index contributed by atoms with van der Waals surface area (Å²) in [6.07, 6.45) is 2.47. The minimum Gasteiger partial charge on any atom is -0.427 e. The van der Waals surface area contributed by atoms with E-state index in [0.29, 0.717) is 37.4 Å². The van der Waals surface area contributed by atoms with Gasteiger partial charge in [0, 0.05) is 24.7 Å². The molecule has 148 valence electrons. The lowest BCUT2D eigenvalue weighted by Gasteiger charge is -2.22. The van der Waals surface area contributed by atoms with Crippen LogP contribution in [0, 0.1) is 18.6 Å². The van der Waals surface area contributed by atoms with E-state index in [1.165, 1.54) is 0 Å². The van der Waals surface area contributed by atoms with Gasteiger partial charge in [0.2, 0.25) is 0 Å². The summed E-state index contributed by atoms with van der Waals surface area (Å²) in [5, 5.41) is 2.72. The molecule has 28 heavy (non-hydrogen) atoms. The molecule has 2 fully saturated rings. The van der Waals surface area contributed by atoms with Crippen LogP contribution in [0.1, 0.15) is 58.8 Å². The van der Waals surface area contributed by atoms with Gasteiger partial charge in [-0.2, -0.15) is 0 Å². The van der Waals surface area contributed by atoms with E-state index in [9.17, 15) is 18.4 Å². The Hall–Kier alpha value is -2.54. The molecule has 5 nitrogen and oxygen atoms in total. The number of carbonyl (C=O) groups excluding carboxylic acids is 1. The van der Waals surface area contributed by atoms with Crippen molar-refractivity contribution >= 4 is 5.91 Å². The van der Waals surface area contributed by atoms with Gasteiger partial charge in [0.15, 0.2) is 0 Å². The highest BCUT2D eigenvalue weighted by Gasteiger charge is 2.48. The van der Waals surface area contributed by atoms with Crippen LogP contribution < -0.4 is 10.9 Å². The van der Waals surface area contributed by atoms with Gasteiger partial charge in [0.05, 0.1) is 5.54 Å². The largest absolute Gasteiger partial charge is 0.427 e. The van der Waals surface area contributed by atoms with Crippen molar-refractivity contribution in [1.29, 1.82) is 0 Å². The summed E-state index contributed by atoms with van der Waals surface area (Å²) in [6.45, 7) is 2.89. The molecule has 0 unspecified atom stereocenters. The number of nitrogens with one attached hydrogen (secondary N) is 1. The highest BCUT2D eigenvalue weighted by molar-refractivity contribution is 5.96. The van der Waals surface area contributed by atoms with Crippen molar-refractivity contribution in [3.8, 4) is 0 Å². The van der Waals surface area contributed by atoms with Crippen LogP contribution in [0.25, 0.3) is 0 Å². The molecule has 0 atom stereocenters. The fraction of sp³-hybridized carbons (Fsp3) is 0.429. The highest BCUT2D eigenvalue weighted by Crippen LogP contribution is 2.46. The van der Waals surface area contributed by atoms with Crippen LogP contribution in [-0.2, 0) is 10.3 Å². The third-order valence-corrected chi connectivity index (χ3v) is 5.57. The van der Waals surface area contributed by atoms with E-state index in [0.717, 1.165) is 31.0 Å². The van der Waals surface area contributed by atoms with E-state index in [1.54, 1.807) is 13.0 Å². The lowest BCUT2D eigenvalue weighted by atomic mass is 9.95. The quantitative estimate of drug-likeness (QED) is 0.869. The van der Waals surface area contributed by atoms with Crippen LogP contribution >= 0.6 is 0 Å². The Labute approximate surface area is 160 Å². The number of hydrogen-bond acceptors (Lipinski definition) is 4. The van der Waals surface area contributed by atoms with Crippen molar-refractivity contribution in [2.24, 2.45) is 0 Å². The maximum Gasteiger partial charge on any atom is 0.349 e. The topological polar surface area (TPSA) is 68.5 Å². The molecule has 0 bridgehead atoms. The molecule has 1 aliphatic heterocycles. The Kier molecular flexibility index (Phi) is 4.79. The average molecular weight is 389 g/mol. The molecule has 1 aliphatic carbocycles. The van der Waals surface area contributed by atoms with E-state index in [-0.39, 0.29) is 17.0 Å². The maximum absolute atomic E-state index is 14.2. The SMILES string of the molecule is Cc1cc(C2CCOCC2)oc(=O)c1C(=O)NC1(c2cc(F)ccc2F)CC1. The summed E-state index contributed by atoms with van der Waals surface area (Å²) in [6, 6.07) is 4.88. The molecular weight excluding hydrogens is 368 g/mol. The zero-order valence-electron chi connectivity index (χ0n) is 15.5. The van der Waals surface area contributed by atoms with Crippen molar-refractivity contribution in [3.63, 3.8) is 0 Å². The van der Waals surface area contributed by atoms with Gasteiger partial charge < -0.3 is 14.5 Å². The van der Waals surface area contributed by atoms with Gasteiger partial charge >= 0.3 is 5.63 Å². The molecule has 1 aromatic carbocycles. The first-order valence-electron chi connectivity index (χ1n) is 9.40. The zero-order valence-corrected chi connectivity index (χ0v) is 15.5. The minimum atomic E-state index is -0.985. The Morgan fingerprint density at radius 1 is 1.18 bits per heavy atom. The van der Waals surface area contributed by atoms with Crippen molar-refractivity contribution in [2.75, 3.05) is 13.2 Å². The number of hydrogen-bond donors (Lipinski definition) is 1. The summed E-state index contributed by atoms with van der Waals surface area (Å²) in [5.41, 5.74) is -1.19. The van der Waals surface area contributed by atoms with E-state index in [4.69, 9.17) is 9.15 Å². The molecule has 7 heteroatoms. The smallest absolute Gasteiger partial charge is 0.349 e. The molecule has 1 aromatic heterocycles. The molecule has 1 saturated carbocycles. The summed E-state index contributed by atoms with van der Waals surface area (Å²) < 4.78 is 38.5. The number of benzene rings is 1. The van der Waals surface area contributed by atoms with E-state index >= 15 is 0 Å². The molecule has 0 radical (unpaired) electrons. The fourth-order valence-electron chi connectivity index (χ4n) is 3.82. The van der Waals surface area contributed by atoms with Gasteiger partial charge in [-0.25, -0.2) is 13.6 Å². The van der Waals surface area contributed by atoms with Crippen LogP contribution in [0.4, 0.5) is 8.78 Å². The lowest BCUT2D eigenvalue weighted by molar-refractivity contribution is 0.0795. The predicted molar refractivity (Wildman–Crippen MR) is 97.2 cm³/mol. The minimum absolute atomic E-state index is 0.0911. The van der Waals surface area contributed by atoms with E-state index in [1.807, 2.05) is 0 Å². The lowest BCUT2D eigenvalue weighted by Crippen LogP contribution is -2.38. The predicted octanol–water partition coefficient (Wildman–Crippen LogP) is 3.54. The second-order valence-corrected chi connectivity index (χ2v) is 7.54.